The number of benzene rings is 1. The Morgan fingerprint density at radius 1 is 1.35 bits per heavy atom. The Morgan fingerprint density at radius 2 is 2.00 bits per heavy atom. The van der Waals surface area contributed by atoms with Crippen molar-refractivity contribution in [2.75, 3.05) is 11.1 Å². The maximum Gasteiger partial charge on any atom is 0.226 e. The lowest BCUT2D eigenvalue weighted by Gasteiger charge is -2.09. The van der Waals surface area contributed by atoms with E-state index in [-0.39, 0.29) is 5.91 Å². The number of thiocarbonyl (C=S) groups is 1. The Morgan fingerprint density at radius 3 is 2.59 bits per heavy atom. The number of nitrogens with two attached hydrogens (primary N) is 1. The second kappa shape index (κ2) is 6.85. The maximum absolute atomic E-state index is 11.4. The summed E-state index contributed by atoms with van der Waals surface area (Å²) in [6, 6.07) is 7.15. The fourth-order valence-electron chi connectivity index (χ4n) is 1.26. The molecule has 0 aliphatic carbocycles. The second-order valence-corrected chi connectivity index (χ2v) is 4.14. The summed E-state index contributed by atoms with van der Waals surface area (Å²) in [5.41, 5.74) is 7.06. The molecule has 1 rings (SSSR count). The van der Waals surface area contributed by atoms with Crippen molar-refractivity contribution in [1.82, 2.24) is 5.32 Å². The van der Waals surface area contributed by atoms with Crippen LogP contribution in [0.15, 0.2) is 24.3 Å². The van der Waals surface area contributed by atoms with Gasteiger partial charge in [0.05, 0.1) is 0 Å². The first-order valence-electron chi connectivity index (χ1n) is 5.58. The van der Waals surface area contributed by atoms with E-state index in [1.807, 2.05) is 6.92 Å². The third-order valence-corrected chi connectivity index (χ3v) is 2.38. The minimum absolute atomic E-state index is 0.0557. The second-order valence-electron chi connectivity index (χ2n) is 3.73. The maximum atomic E-state index is 11.4. The van der Waals surface area contributed by atoms with Crippen molar-refractivity contribution in [3.05, 3.63) is 24.3 Å². The molecule has 0 unspecified atom stereocenters. The molecule has 0 aliphatic rings. The van der Waals surface area contributed by atoms with E-state index >= 15 is 0 Å². The molecule has 0 atom stereocenters. The smallest absolute Gasteiger partial charge is 0.226 e. The Kier molecular flexibility index (Phi) is 5.42. The Labute approximate surface area is 107 Å². The summed E-state index contributed by atoms with van der Waals surface area (Å²) < 4.78 is 0. The predicted octanol–water partition coefficient (Wildman–Crippen LogP) is 2.27. The Bertz CT molecular complexity index is 389. The zero-order chi connectivity index (χ0) is 12.7. The van der Waals surface area contributed by atoms with E-state index in [2.05, 4.69) is 10.6 Å². The molecule has 0 aromatic heterocycles. The van der Waals surface area contributed by atoms with Gasteiger partial charge in [0, 0.05) is 17.8 Å². The van der Waals surface area contributed by atoms with Crippen molar-refractivity contribution in [1.29, 1.82) is 0 Å². The molecule has 0 radical (unpaired) electrons. The molecular weight excluding hydrogens is 234 g/mol. The average Bonchev–Trinajstić information content (AvgIpc) is 2.29. The van der Waals surface area contributed by atoms with E-state index in [1.54, 1.807) is 24.3 Å². The summed E-state index contributed by atoms with van der Waals surface area (Å²) in [6.45, 7) is 2.04. The van der Waals surface area contributed by atoms with Crippen LogP contribution in [0.2, 0.25) is 0 Å². The van der Waals surface area contributed by atoms with Crippen molar-refractivity contribution in [3.63, 3.8) is 0 Å². The van der Waals surface area contributed by atoms with Gasteiger partial charge in [0.25, 0.3) is 0 Å². The molecule has 92 valence electrons. The highest BCUT2D eigenvalue weighted by molar-refractivity contribution is 7.80. The van der Waals surface area contributed by atoms with E-state index < -0.39 is 0 Å². The lowest BCUT2D eigenvalue weighted by Crippen LogP contribution is -2.33. The molecule has 0 heterocycles. The van der Waals surface area contributed by atoms with Gasteiger partial charge in [-0.1, -0.05) is 13.3 Å². The minimum Gasteiger partial charge on any atom is -0.399 e. The first kappa shape index (κ1) is 13.4. The van der Waals surface area contributed by atoms with E-state index in [1.165, 1.54) is 0 Å². The number of carbonyl (C=O) groups is 1. The van der Waals surface area contributed by atoms with Crippen LogP contribution < -0.4 is 16.4 Å². The number of amides is 1. The van der Waals surface area contributed by atoms with Crippen LogP contribution in [-0.4, -0.2) is 11.0 Å². The zero-order valence-electron chi connectivity index (χ0n) is 9.82. The number of rotatable bonds is 4. The van der Waals surface area contributed by atoms with Crippen LogP contribution in [0.25, 0.3) is 0 Å². The summed E-state index contributed by atoms with van der Waals surface area (Å²) in [5.74, 6) is -0.0557. The van der Waals surface area contributed by atoms with Crippen molar-refractivity contribution in [3.8, 4) is 0 Å². The van der Waals surface area contributed by atoms with Crippen LogP contribution in [0.5, 0.6) is 0 Å². The number of unbranched alkanes of at least 4 members (excludes halogenated alkanes) is 1. The van der Waals surface area contributed by atoms with Gasteiger partial charge < -0.3 is 16.4 Å². The molecular formula is C12H17N3OS. The summed E-state index contributed by atoms with van der Waals surface area (Å²) >= 11 is 5.02. The Balaban J connectivity index is 2.39. The van der Waals surface area contributed by atoms with Gasteiger partial charge in [-0.05, 0) is 42.9 Å². The number of hydrogen-bond acceptors (Lipinski definition) is 3. The summed E-state index contributed by atoms with van der Waals surface area (Å²) in [6.07, 6.45) is 2.36. The van der Waals surface area contributed by atoms with Gasteiger partial charge in [0.2, 0.25) is 5.91 Å². The fraction of sp³-hybridized carbons (Fsp3) is 0.333. The molecule has 0 saturated carbocycles. The normalized spacial score (nSPS) is 9.71. The summed E-state index contributed by atoms with van der Waals surface area (Å²) in [7, 11) is 0. The molecule has 0 saturated heterocycles. The molecule has 0 fully saturated rings. The number of nitrogens with one attached hydrogen (secondary N) is 2. The largest absolute Gasteiger partial charge is 0.399 e. The van der Waals surface area contributed by atoms with E-state index in [0.29, 0.717) is 17.2 Å². The summed E-state index contributed by atoms with van der Waals surface area (Å²) in [4.78, 5) is 11.4. The van der Waals surface area contributed by atoms with Crippen molar-refractivity contribution >= 4 is 34.6 Å². The van der Waals surface area contributed by atoms with Crippen LogP contribution in [0.3, 0.4) is 0 Å². The van der Waals surface area contributed by atoms with Crippen LogP contribution in [0, 0.1) is 0 Å². The minimum atomic E-state index is -0.0557. The molecule has 1 aromatic carbocycles. The quantitative estimate of drug-likeness (QED) is 0.567. The van der Waals surface area contributed by atoms with Gasteiger partial charge in [-0.15, -0.1) is 0 Å². The van der Waals surface area contributed by atoms with Gasteiger partial charge >= 0.3 is 0 Å². The van der Waals surface area contributed by atoms with E-state index in [0.717, 1.165) is 18.5 Å². The third kappa shape index (κ3) is 5.31. The lowest BCUT2D eigenvalue weighted by atomic mass is 10.2. The highest BCUT2D eigenvalue weighted by atomic mass is 32.1. The first-order valence-corrected chi connectivity index (χ1v) is 5.99. The van der Waals surface area contributed by atoms with Crippen molar-refractivity contribution < 1.29 is 4.79 Å². The van der Waals surface area contributed by atoms with Crippen LogP contribution >= 0.6 is 12.2 Å². The predicted molar refractivity (Wildman–Crippen MR) is 74.7 cm³/mol. The molecule has 4 nitrogen and oxygen atoms in total. The molecule has 17 heavy (non-hydrogen) atoms. The highest BCUT2D eigenvalue weighted by Gasteiger charge is 2.03. The topological polar surface area (TPSA) is 67.2 Å². The number of nitrogen functional groups attached to an aromatic ring is 1. The first-order chi connectivity index (χ1) is 8.11. The van der Waals surface area contributed by atoms with Gasteiger partial charge in [-0.2, -0.15) is 0 Å². The monoisotopic (exact) mass is 251 g/mol. The molecule has 0 aliphatic heterocycles. The SMILES string of the molecule is CCCCC(=O)NC(=S)Nc1ccc(N)cc1. The van der Waals surface area contributed by atoms with Crippen LogP contribution in [0.1, 0.15) is 26.2 Å². The molecule has 1 amide bonds. The number of carbonyl (C=O) groups excluding carboxylic acids is 1. The molecule has 1 aromatic rings. The van der Waals surface area contributed by atoms with E-state index in [4.69, 9.17) is 18.0 Å². The third-order valence-electron chi connectivity index (χ3n) is 2.18. The highest BCUT2D eigenvalue weighted by Crippen LogP contribution is 2.10. The van der Waals surface area contributed by atoms with Crippen molar-refractivity contribution in [2.24, 2.45) is 0 Å². The van der Waals surface area contributed by atoms with Gasteiger partial charge in [0.1, 0.15) is 0 Å². The number of hydrogen-bond donors (Lipinski definition) is 3. The molecule has 4 N–H and O–H groups in total. The fourth-order valence-corrected chi connectivity index (χ4v) is 1.49. The lowest BCUT2D eigenvalue weighted by molar-refractivity contribution is -0.119. The standard InChI is InChI=1S/C12H17N3OS/c1-2-3-4-11(16)15-12(17)14-10-7-5-9(13)6-8-10/h5-8H,2-4,13H2,1H3,(H2,14,15,16,17). The average molecular weight is 251 g/mol. The molecule has 0 spiro atoms. The van der Waals surface area contributed by atoms with Gasteiger partial charge in [0.15, 0.2) is 5.11 Å². The Hall–Kier alpha value is -1.62. The summed E-state index contributed by atoms with van der Waals surface area (Å²) in [5, 5.41) is 5.86. The molecule has 5 heteroatoms. The van der Waals surface area contributed by atoms with Gasteiger partial charge in [-0.25, -0.2) is 0 Å². The van der Waals surface area contributed by atoms with Gasteiger partial charge in [-0.3, -0.25) is 4.79 Å². The van der Waals surface area contributed by atoms with Crippen molar-refractivity contribution in [2.45, 2.75) is 26.2 Å². The zero-order valence-corrected chi connectivity index (χ0v) is 10.6. The number of anilines is 2. The molecule has 0 bridgehead atoms. The van der Waals surface area contributed by atoms with E-state index in [9.17, 15) is 4.79 Å². The van der Waals surface area contributed by atoms with Crippen LogP contribution in [0.4, 0.5) is 11.4 Å². The van der Waals surface area contributed by atoms with Crippen LogP contribution in [-0.2, 0) is 4.79 Å².